The second-order valence-corrected chi connectivity index (χ2v) is 4.16. The number of rotatable bonds is 1. The number of thiophene rings is 1. The van der Waals surface area contributed by atoms with E-state index in [9.17, 15) is 5.11 Å². The number of phenolic OH excluding ortho intramolecular Hbond substituents is 1. The van der Waals surface area contributed by atoms with E-state index in [2.05, 4.69) is 0 Å². The van der Waals surface area contributed by atoms with Crippen molar-refractivity contribution in [3.05, 3.63) is 34.7 Å². The second kappa shape index (κ2) is 3.52. The minimum atomic E-state index is 0.161. The minimum Gasteiger partial charge on any atom is -0.507 e. The number of hydrogen-bond acceptors (Lipinski definition) is 3. The third-order valence-corrected chi connectivity index (χ3v) is 3.28. The van der Waals surface area contributed by atoms with Crippen molar-refractivity contribution in [3.63, 3.8) is 0 Å². The number of hydrogen-bond donors (Lipinski definition) is 2. The smallest absolute Gasteiger partial charge is 0.126 e. The predicted octanol–water partition coefficient (Wildman–Crippen LogP) is 3.36. The average molecular weight is 226 g/mol. The van der Waals surface area contributed by atoms with Crippen LogP contribution in [0.25, 0.3) is 10.4 Å². The van der Waals surface area contributed by atoms with Gasteiger partial charge in [0.25, 0.3) is 0 Å². The zero-order chi connectivity index (χ0) is 10.1. The molecular weight excluding hydrogens is 218 g/mol. The fourth-order valence-electron chi connectivity index (χ4n) is 1.28. The SMILES string of the molecule is Nc1cccc(O)c1-c1sccc1Cl. The Bertz CT molecular complexity index is 447. The van der Waals surface area contributed by atoms with Gasteiger partial charge in [0.05, 0.1) is 15.5 Å². The third kappa shape index (κ3) is 1.45. The van der Waals surface area contributed by atoms with E-state index in [0.29, 0.717) is 16.3 Å². The number of phenols is 1. The molecule has 0 aliphatic carbocycles. The molecule has 0 radical (unpaired) electrons. The molecule has 1 aromatic carbocycles. The molecule has 1 aromatic heterocycles. The topological polar surface area (TPSA) is 46.2 Å². The van der Waals surface area contributed by atoms with Crippen LogP contribution in [0.15, 0.2) is 29.6 Å². The summed E-state index contributed by atoms with van der Waals surface area (Å²) in [5.41, 5.74) is 6.92. The Labute approximate surface area is 90.6 Å². The van der Waals surface area contributed by atoms with Gasteiger partial charge >= 0.3 is 0 Å². The Hall–Kier alpha value is -1.19. The predicted molar refractivity (Wildman–Crippen MR) is 60.8 cm³/mol. The van der Waals surface area contributed by atoms with E-state index < -0.39 is 0 Å². The Kier molecular flexibility index (Phi) is 2.35. The maximum absolute atomic E-state index is 9.66. The summed E-state index contributed by atoms with van der Waals surface area (Å²) >= 11 is 7.42. The van der Waals surface area contributed by atoms with E-state index in [1.54, 1.807) is 24.3 Å². The van der Waals surface area contributed by atoms with Gasteiger partial charge in [-0.3, -0.25) is 0 Å². The van der Waals surface area contributed by atoms with Gasteiger partial charge < -0.3 is 10.8 Å². The van der Waals surface area contributed by atoms with Crippen molar-refractivity contribution < 1.29 is 5.11 Å². The molecule has 2 rings (SSSR count). The van der Waals surface area contributed by atoms with Crippen LogP contribution in [-0.4, -0.2) is 5.11 Å². The molecule has 4 heteroatoms. The van der Waals surface area contributed by atoms with E-state index in [0.717, 1.165) is 4.88 Å². The van der Waals surface area contributed by atoms with Crippen molar-refractivity contribution in [3.8, 4) is 16.2 Å². The van der Waals surface area contributed by atoms with Crippen LogP contribution < -0.4 is 5.73 Å². The van der Waals surface area contributed by atoms with Gasteiger partial charge in [-0.15, -0.1) is 11.3 Å². The lowest BCUT2D eigenvalue weighted by molar-refractivity contribution is 0.478. The molecule has 0 amide bonds. The van der Waals surface area contributed by atoms with Crippen molar-refractivity contribution >= 4 is 28.6 Å². The molecular formula is C10H8ClNOS. The molecule has 0 bridgehead atoms. The normalized spacial score (nSPS) is 10.4. The van der Waals surface area contributed by atoms with Crippen molar-refractivity contribution in [2.24, 2.45) is 0 Å². The van der Waals surface area contributed by atoms with Crippen molar-refractivity contribution in [2.45, 2.75) is 0 Å². The second-order valence-electron chi connectivity index (χ2n) is 2.84. The molecule has 0 saturated heterocycles. The average Bonchev–Trinajstić information content (AvgIpc) is 2.52. The Morgan fingerprint density at radius 2 is 2.07 bits per heavy atom. The maximum atomic E-state index is 9.66. The van der Waals surface area contributed by atoms with Crippen LogP contribution >= 0.6 is 22.9 Å². The number of nitrogen functional groups attached to an aromatic ring is 1. The van der Waals surface area contributed by atoms with Crippen LogP contribution in [0.2, 0.25) is 5.02 Å². The summed E-state index contributed by atoms with van der Waals surface area (Å²) in [6.07, 6.45) is 0. The fourth-order valence-corrected chi connectivity index (χ4v) is 2.50. The summed E-state index contributed by atoms with van der Waals surface area (Å²) in [4.78, 5) is 0.808. The zero-order valence-electron chi connectivity index (χ0n) is 7.20. The largest absolute Gasteiger partial charge is 0.507 e. The Morgan fingerprint density at radius 1 is 1.29 bits per heavy atom. The van der Waals surface area contributed by atoms with Gasteiger partial charge in [-0.1, -0.05) is 17.7 Å². The standard InChI is InChI=1S/C10H8ClNOS/c11-6-4-5-14-10(6)9-7(12)2-1-3-8(9)13/h1-5,13H,12H2. The van der Waals surface area contributed by atoms with E-state index >= 15 is 0 Å². The number of halogens is 1. The molecule has 2 aromatic rings. The summed E-state index contributed by atoms with van der Waals surface area (Å²) in [6, 6.07) is 6.83. The molecule has 0 aliphatic heterocycles. The van der Waals surface area contributed by atoms with Crippen LogP contribution in [0.1, 0.15) is 0 Å². The highest BCUT2D eigenvalue weighted by Gasteiger charge is 2.12. The van der Waals surface area contributed by atoms with E-state index in [-0.39, 0.29) is 5.75 Å². The highest BCUT2D eigenvalue weighted by Crippen LogP contribution is 2.41. The maximum Gasteiger partial charge on any atom is 0.126 e. The van der Waals surface area contributed by atoms with Gasteiger partial charge in [0.2, 0.25) is 0 Å². The van der Waals surface area contributed by atoms with Crippen molar-refractivity contribution in [1.29, 1.82) is 0 Å². The van der Waals surface area contributed by atoms with Gasteiger partial charge in [0.1, 0.15) is 5.75 Å². The van der Waals surface area contributed by atoms with Crippen LogP contribution in [0.3, 0.4) is 0 Å². The quantitative estimate of drug-likeness (QED) is 0.731. The molecule has 0 atom stereocenters. The summed E-state index contributed by atoms with van der Waals surface area (Å²) in [5.74, 6) is 0.161. The van der Waals surface area contributed by atoms with Crippen LogP contribution in [0.5, 0.6) is 5.75 Å². The van der Waals surface area contributed by atoms with Crippen LogP contribution in [0.4, 0.5) is 5.69 Å². The van der Waals surface area contributed by atoms with E-state index in [4.69, 9.17) is 17.3 Å². The number of benzene rings is 1. The molecule has 1 heterocycles. The number of aromatic hydroxyl groups is 1. The molecule has 0 spiro atoms. The lowest BCUT2D eigenvalue weighted by atomic mass is 10.1. The first-order valence-corrected chi connectivity index (χ1v) is 5.26. The summed E-state index contributed by atoms with van der Waals surface area (Å²) in [6.45, 7) is 0. The zero-order valence-corrected chi connectivity index (χ0v) is 8.77. The van der Waals surface area contributed by atoms with Gasteiger partial charge in [-0.25, -0.2) is 0 Å². The Balaban J connectivity index is 2.68. The molecule has 0 fully saturated rings. The van der Waals surface area contributed by atoms with Gasteiger partial charge in [0.15, 0.2) is 0 Å². The first-order valence-electron chi connectivity index (χ1n) is 4.01. The first-order chi connectivity index (χ1) is 6.70. The fraction of sp³-hybridized carbons (Fsp3) is 0. The van der Waals surface area contributed by atoms with Crippen molar-refractivity contribution in [1.82, 2.24) is 0 Å². The molecule has 14 heavy (non-hydrogen) atoms. The van der Waals surface area contributed by atoms with Crippen LogP contribution in [-0.2, 0) is 0 Å². The summed E-state index contributed by atoms with van der Waals surface area (Å²) in [7, 11) is 0. The molecule has 3 N–H and O–H groups in total. The molecule has 72 valence electrons. The van der Waals surface area contributed by atoms with Gasteiger partial charge in [0, 0.05) is 5.69 Å². The highest BCUT2D eigenvalue weighted by molar-refractivity contribution is 7.14. The van der Waals surface area contributed by atoms with Crippen molar-refractivity contribution in [2.75, 3.05) is 5.73 Å². The van der Waals surface area contributed by atoms with E-state index in [1.807, 2.05) is 5.38 Å². The Morgan fingerprint density at radius 3 is 2.64 bits per heavy atom. The molecule has 0 saturated carbocycles. The highest BCUT2D eigenvalue weighted by atomic mass is 35.5. The molecule has 2 nitrogen and oxygen atoms in total. The van der Waals surface area contributed by atoms with Gasteiger partial charge in [-0.2, -0.15) is 0 Å². The number of nitrogens with two attached hydrogens (primary N) is 1. The molecule has 0 aliphatic rings. The van der Waals surface area contributed by atoms with Crippen LogP contribution in [0, 0.1) is 0 Å². The lowest BCUT2D eigenvalue weighted by Gasteiger charge is -2.05. The third-order valence-electron chi connectivity index (χ3n) is 1.92. The van der Waals surface area contributed by atoms with Gasteiger partial charge in [-0.05, 0) is 23.6 Å². The van der Waals surface area contributed by atoms with E-state index in [1.165, 1.54) is 11.3 Å². The first kappa shape index (κ1) is 9.37. The summed E-state index contributed by atoms with van der Waals surface area (Å²) < 4.78 is 0. The summed E-state index contributed by atoms with van der Waals surface area (Å²) in [5, 5.41) is 12.1. The molecule has 0 unspecified atom stereocenters. The monoisotopic (exact) mass is 225 g/mol. The lowest BCUT2D eigenvalue weighted by Crippen LogP contribution is -1.88. The number of anilines is 1. The minimum absolute atomic E-state index is 0.161.